The summed E-state index contributed by atoms with van der Waals surface area (Å²) < 4.78 is 5.68. The highest BCUT2D eigenvalue weighted by molar-refractivity contribution is 5.96. The molecule has 0 aliphatic heterocycles. The molecule has 4 aromatic rings. The van der Waals surface area contributed by atoms with Crippen molar-refractivity contribution in [1.82, 2.24) is 9.97 Å². The highest BCUT2D eigenvalue weighted by Gasteiger charge is 2.14. The van der Waals surface area contributed by atoms with Crippen LogP contribution in [0.15, 0.2) is 79.1 Å². The van der Waals surface area contributed by atoms with Gasteiger partial charge in [-0.25, -0.2) is 4.98 Å². The van der Waals surface area contributed by atoms with E-state index in [4.69, 9.17) is 4.74 Å². The van der Waals surface area contributed by atoms with Crippen LogP contribution in [0.1, 0.15) is 5.56 Å². The number of fused-ring (bicyclic) bond motifs is 1. The quantitative estimate of drug-likeness (QED) is 0.381. The first-order chi connectivity index (χ1) is 13.7. The predicted molar refractivity (Wildman–Crippen MR) is 106 cm³/mol. The lowest BCUT2D eigenvalue weighted by atomic mass is 10.1. The molecule has 7 nitrogen and oxygen atoms in total. The predicted octanol–water partition coefficient (Wildman–Crippen LogP) is 4.94. The lowest BCUT2D eigenvalue weighted by Gasteiger charge is -2.10. The number of hydrogen-bond acceptors (Lipinski definition) is 6. The Labute approximate surface area is 160 Å². The number of anilines is 1. The molecule has 0 saturated heterocycles. The van der Waals surface area contributed by atoms with Gasteiger partial charge in [0.15, 0.2) is 0 Å². The Hall–Kier alpha value is -4.00. The average Bonchev–Trinajstić information content (AvgIpc) is 2.73. The summed E-state index contributed by atoms with van der Waals surface area (Å²) >= 11 is 0. The zero-order chi connectivity index (χ0) is 19.3. The monoisotopic (exact) mass is 372 g/mol. The maximum atomic E-state index is 11.2. The largest absolute Gasteiger partial charge is 0.439 e. The zero-order valence-electron chi connectivity index (χ0n) is 14.8. The summed E-state index contributed by atoms with van der Waals surface area (Å²) in [4.78, 5) is 19.4. The molecular weight excluding hydrogens is 356 g/mol. The normalized spacial score (nSPS) is 10.6. The molecule has 0 atom stereocenters. The van der Waals surface area contributed by atoms with Crippen LogP contribution in [0, 0.1) is 10.1 Å². The number of non-ortho nitro benzene ring substituents is 1. The number of rotatable bonds is 6. The standard InChI is InChI=1S/C21H16N4O3/c26-25(27)19-10-9-18(21-17(19)7-4-12-22-21)23-13-15-8-11-20(24-14-15)28-16-5-2-1-3-6-16/h1-12,14,23H,13H2. The lowest BCUT2D eigenvalue weighted by Crippen LogP contribution is -2.02. The molecule has 0 bridgehead atoms. The van der Waals surface area contributed by atoms with Gasteiger partial charge in [0.25, 0.3) is 5.69 Å². The molecule has 2 aromatic heterocycles. The van der Waals surface area contributed by atoms with Gasteiger partial charge < -0.3 is 10.1 Å². The Bertz CT molecular complexity index is 1120. The van der Waals surface area contributed by atoms with Crippen molar-refractivity contribution in [3.63, 3.8) is 0 Å². The molecule has 0 unspecified atom stereocenters. The number of nitrogens with one attached hydrogen (secondary N) is 1. The van der Waals surface area contributed by atoms with Crippen LogP contribution in [0.2, 0.25) is 0 Å². The van der Waals surface area contributed by atoms with Crippen molar-refractivity contribution in [3.05, 3.63) is 94.8 Å². The third-order valence-corrected chi connectivity index (χ3v) is 4.19. The van der Waals surface area contributed by atoms with E-state index < -0.39 is 4.92 Å². The minimum atomic E-state index is -0.400. The second-order valence-electron chi connectivity index (χ2n) is 6.06. The first kappa shape index (κ1) is 17.4. The SMILES string of the molecule is O=[N+]([O-])c1ccc(NCc2ccc(Oc3ccccc3)nc2)c2ncccc12. The minimum Gasteiger partial charge on any atom is -0.439 e. The van der Waals surface area contributed by atoms with Gasteiger partial charge in [0.05, 0.1) is 16.0 Å². The molecule has 4 rings (SSSR count). The number of nitro groups is 1. The van der Waals surface area contributed by atoms with E-state index >= 15 is 0 Å². The summed E-state index contributed by atoms with van der Waals surface area (Å²) in [5.74, 6) is 1.24. The number of nitrogens with zero attached hydrogens (tertiary/aromatic N) is 3. The van der Waals surface area contributed by atoms with E-state index in [2.05, 4.69) is 15.3 Å². The maximum Gasteiger partial charge on any atom is 0.278 e. The fraction of sp³-hybridized carbons (Fsp3) is 0.0476. The van der Waals surface area contributed by atoms with Gasteiger partial charge >= 0.3 is 0 Å². The molecule has 2 heterocycles. The van der Waals surface area contributed by atoms with Crippen LogP contribution in [-0.2, 0) is 6.54 Å². The molecule has 0 aliphatic rings. The molecule has 0 spiro atoms. The number of aromatic nitrogens is 2. The summed E-state index contributed by atoms with van der Waals surface area (Å²) in [6.45, 7) is 0.502. The molecule has 0 radical (unpaired) electrons. The summed E-state index contributed by atoms with van der Waals surface area (Å²) in [6, 6.07) is 19.7. The Balaban J connectivity index is 1.49. The molecule has 0 aliphatic carbocycles. The van der Waals surface area contributed by atoms with Gasteiger partial charge in [-0.2, -0.15) is 0 Å². The van der Waals surface area contributed by atoms with Crippen LogP contribution in [0.5, 0.6) is 11.6 Å². The molecule has 7 heteroatoms. The van der Waals surface area contributed by atoms with E-state index in [1.165, 1.54) is 6.07 Å². The average molecular weight is 372 g/mol. The van der Waals surface area contributed by atoms with Crippen LogP contribution in [0.4, 0.5) is 11.4 Å². The molecule has 0 fully saturated rings. The first-order valence-electron chi connectivity index (χ1n) is 8.64. The van der Waals surface area contributed by atoms with E-state index in [0.717, 1.165) is 17.0 Å². The Kier molecular flexibility index (Phi) is 4.79. The van der Waals surface area contributed by atoms with Crippen molar-refractivity contribution in [2.75, 3.05) is 5.32 Å². The van der Waals surface area contributed by atoms with Crippen LogP contribution in [-0.4, -0.2) is 14.9 Å². The van der Waals surface area contributed by atoms with E-state index in [1.54, 1.807) is 36.7 Å². The minimum absolute atomic E-state index is 0.0396. The van der Waals surface area contributed by atoms with Crippen molar-refractivity contribution in [1.29, 1.82) is 0 Å². The van der Waals surface area contributed by atoms with E-state index in [0.29, 0.717) is 23.3 Å². The van der Waals surface area contributed by atoms with Gasteiger partial charge in [0.1, 0.15) is 11.3 Å². The molecule has 28 heavy (non-hydrogen) atoms. The van der Waals surface area contributed by atoms with Crippen LogP contribution >= 0.6 is 0 Å². The van der Waals surface area contributed by atoms with Crippen molar-refractivity contribution >= 4 is 22.3 Å². The van der Waals surface area contributed by atoms with Crippen LogP contribution in [0.3, 0.4) is 0 Å². The molecule has 0 amide bonds. The number of pyridine rings is 2. The second-order valence-corrected chi connectivity index (χ2v) is 6.06. The van der Waals surface area contributed by atoms with Gasteiger partial charge in [-0.15, -0.1) is 0 Å². The van der Waals surface area contributed by atoms with E-state index in [9.17, 15) is 10.1 Å². The Morgan fingerprint density at radius 2 is 1.82 bits per heavy atom. The summed E-state index contributed by atoms with van der Waals surface area (Å²) in [5, 5.41) is 15.0. The molecule has 1 N–H and O–H groups in total. The topological polar surface area (TPSA) is 90.2 Å². The lowest BCUT2D eigenvalue weighted by molar-refractivity contribution is -0.383. The smallest absolute Gasteiger partial charge is 0.278 e. The highest BCUT2D eigenvalue weighted by atomic mass is 16.6. The van der Waals surface area contributed by atoms with Gasteiger partial charge in [-0.05, 0) is 35.9 Å². The van der Waals surface area contributed by atoms with E-state index in [-0.39, 0.29) is 5.69 Å². The molecule has 2 aromatic carbocycles. The van der Waals surface area contributed by atoms with Gasteiger partial charge in [0, 0.05) is 31.1 Å². The number of hydrogen-bond donors (Lipinski definition) is 1. The summed E-state index contributed by atoms with van der Waals surface area (Å²) in [5.41, 5.74) is 2.28. The number of benzene rings is 2. The Morgan fingerprint density at radius 1 is 0.964 bits per heavy atom. The maximum absolute atomic E-state index is 11.2. The van der Waals surface area contributed by atoms with Gasteiger partial charge in [-0.1, -0.05) is 24.3 Å². The zero-order valence-corrected chi connectivity index (χ0v) is 14.8. The van der Waals surface area contributed by atoms with Crippen molar-refractivity contribution in [2.24, 2.45) is 0 Å². The van der Waals surface area contributed by atoms with Crippen molar-refractivity contribution in [3.8, 4) is 11.6 Å². The number of nitro benzene ring substituents is 1. The van der Waals surface area contributed by atoms with E-state index in [1.807, 2.05) is 36.4 Å². The fourth-order valence-electron chi connectivity index (χ4n) is 2.84. The van der Waals surface area contributed by atoms with Gasteiger partial charge in [-0.3, -0.25) is 15.1 Å². The molecule has 0 saturated carbocycles. The molecule has 138 valence electrons. The fourth-order valence-corrected chi connectivity index (χ4v) is 2.84. The number of para-hydroxylation sites is 1. The van der Waals surface area contributed by atoms with Crippen molar-refractivity contribution < 1.29 is 9.66 Å². The second kappa shape index (κ2) is 7.71. The van der Waals surface area contributed by atoms with Crippen LogP contribution < -0.4 is 10.1 Å². The Morgan fingerprint density at radius 3 is 2.57 bits per heavy atom. The number of ether oxygens (including phenoxy) is 1. The molecular formula is C21H16N4O3. The highest BCUT2D eigenvalue weighted by Crippen LogP contribution is 2.30. The summed E-state index contributed by atoms with van der Waals surface area (Å²) in [7, 11) is 0. The third-order valence-electron chi connectivity index (χ3n) is 4.19. The third kappa shape index (κ3) is 3.73. The van der Waals surface area contributed by atoms with Crippen molar-refractivity contribution in [2.45, 2.75) is 6.54 Å². The first-order valence-corrected chi connectivity index (χ1v) is 8.64. The summed E-state index contributed by atoms with van der Waals surface area (Å²) in [6.07, 6.45) is 3.35. The van der Waals surface area contributed by atoms with Gasteiger partial charge in [0.2, 0.25) is 5.88 Å². The van der Waals surface area contributed by atoms with Crippen LogP contribution in [0.25, 0.3) is 10.9 Å².